The third-order valence-electron chi connectivity index (χ3n) is 3.22. The van der Waals surface area contributed by atoms with Crippen LogP contribution in [0.2, 0.25) is 0 Å². The minimum absolute atomic E-state index is 0.0186. The molecule has 88 valence electrons. The molecule has 0 aliphatic heterocycles. The molecule has 2 heterocycles. The van der Waals surface area contributed by atoms with Crippen molar-refractivity contribution in [2.24, 2.45) is 5.73 Å². The minimum Gasteiger partial charge on any atom is -0.324 e. The summed E-state index contributed by atoms with van der Waals surface area (Å²) >= 11 is 0. The predicted molar refractivity (Wildman–Crippen MR) is 65.3 cm³/mol. The molecule has 2 aromatic heterocycles. The number of ketones is 1. The van der Waals surface area contributed by atoms with Crippen LogP contribution in [0.25, 0.3) is 5.52 Å². The summed E-state index contributed by atoms with van der Waals surface area (Å²) in [5.41, 5.74) is 7.98. The Bertz CT molecular complexity index is 596. The van der Waals surface area contributed by atoms with Crippen LogP contribution in [0.1, 0.15) is 40.6 Å². The number of aryl methyl sites for hydroxylation is 1. The zero-order valence-electron chi connectivity index (χ0n) is 9.81. The number of nitrogens with zero attached hydrogens (tertiary/aromatic N) is 2. The molecule has 0 bridgehead atoms. The van der Waals surface area contributed by atoms with Gasteiger partial charge in [0.05, 0.1) is 12.1 Å². The van der Waals surface area contributed by atoms with E-state index in [1.54, 1.807) is 0 Å². The fraction of sp³-hybridized carbons (Fsp3) is 0.385. The standard InChI is InChI=1S/C13H15N3O/c1-8-4-5-16-10(6-8)12(11(17)7-14)15-13(16)9-2-3-9/h4-6,9H,2-3,7,14H2,1H3. The Morgan fingerprint density at radius 2 is 2.35 bits per heavy atom. The van der Waals surface area contributed by atoms with E-state index >= 15 is 0 Å². The van der Waals surface area contributed by atoms with Gasteiger partial charge in [-0.15, -0.1) is 0 Å². The van der Waals surface area contributed by atoms with E-state index < -0.39 is 0 Å². The molecule has 0 atom stereocenters. The molecule has 0 amide bonds. The van der Waals surface area contributed by atoms with Gasteiger partial charge in [-0.2, -0.15) is 0 Å². The summed E-state index contributed by atoms with van der Waals surface area (Å²) in [7, 11) is 0. The monoisotopic (exact) mass is 229 g/mol. The molecule has 2 aromatic rings. The number of aromatic nitrogens is 2. The molecular formula is C13H15N3O. The predicted octanol–water partition coefficient (Wildman–Crippen LogP) is 1.66. The van der Waals surface area contributed by atoms with Gasteiger partial charge in [-0.1, -0.05) is 0 Å². The zero-order valence-corrected chi connectivity index (χ0v) is 9.81. The number of imidazole rings is 1. The van der Waals surface area contributed by atoms with E-state index in [2.05, 4.69) is 4.98 Å². The van der Waals surface area contributed by atoms with Crippen LogP contribution in [0.4, 0.5) is 0 Å². The average Bonchev–Trinajstić information content (AvgIpc) is 3.10. The molecule has 0 radical (unpaired) electrons. The molecule has 4 nitrogen and oxygen atoms in total. The molecule has 0 unspecified atom stereocenters. The second-order valence-electron chi connectivity index (χ2n) is 4.68. The van der Waals surface area contributed by atoms with Crippen LogP contribution < -0.4 is 5.73 Å². The first-order valence-corrected chi connectivity index (χ1v) is 5.92. The highest BCUT2D eigenvalue weighted by Gasteiger charge is 2.30. The molecule has 0 spiro atoms. The molecule has 4 heteroatoms. The van der Waals surface area contributed by atoms with Crippen LogP contribution in [0, 0.1) is 6.92 Å². The molecule has 2 N–H and O–H groups in total. The lowest BCUT2D eigenvalue weighted by molar-refractivity contribution is 0.0998. The van der Waals surface area contributed by atoms with Crippen molar-refractivity contribution in [3.8, 4) is 0 Å². The maximum absolute atomic E-state index is 11.8. The van der Waals surface area contributed by atoms with Gasteiger partial charge in [-0.25, -0.2) is 4.98 Å². The highest BCUT2D eigenvalue weighted by atomic mass is 16.1. The van der Waals surface area contributed by atoms with Gasteiger partial charge in [0, 0.05) is 12.1 Å². The van der Waals surface area contributed by atoms with E-state index in [1.807, 2.05) is 29.7 Å². The summed E-state index contributed by atoms with van der Waals surface area (Å²) < 4.78 is 2.04. The smallest absolute Gasteiger partial charge is 0.196 e. The highest BCUT2D eigenvalue weighted by Crippen LogP contribution is 2.40. The lowest BCUT2D eigenvalue weighted by Gasteiger charge is -2.00. The van der Waals surface area contributed by atoms with Crippen LogP contribution in [-0.4, -0.2) is 21.7 Å². The molecule has 17 heavy (non-hydrogen) atoms. The van der Waals surface area contributed by atoms with Crippen molar-refractivity contribution in [2.75, 3.05) is 6.54 Å². The van der Waals surface area contributed by atoms with Gasteiger partial charge >= 0.3 is 0 Å². The van der Waals surface area contributed by atoms with Gasteiger partial charge in [0.15, 0.2) is 5.78 Å². The molecule has 1 aliphatic rings. The number of rotatable bonds is 3. The third kappa shape index (κ3) is 1.65. The first kappa shape index (κ1) is 10.5. The summed E-state index contributed by atoms with van der Waals surface area (Å²) in [4.78, 5) is 16.3. The van der Waals surface area contributed by atoms with Crippen molar-refractivity contribution in [3.63, 3.8) is 0 Å². The van der Waals surface area contributed by atoms with E-state index in [9.17, 15) is 4.79 Å². The number of fused-ring (bicyclic) bond motifs is 1. The number of carbonyl (C=O) groups excluding carboxylic acids is 1. The Labute approximate surface area is 99.5 Å². The number of Topliss-reactive ketones (excluding diaryl/α,β-unsaturated/α-hetero) is 1. The first-order valence-electron chi connectivity index (χ1n) is 5.92. The number of pyridine rings is 1. The second-order valence-corrected chi connectivity index (χ2v) is 4.68. The van der Waals surface area contributed by atoms with Crippen LogP contribution in [0.15, 0.2) is 18.3 Å². The Morgan fingerprint density at radius 3 is 3.00 bits per heavy atom. The minimum atomic E-state index is -0.0833. The Kier molecular flexibility index (Phi) is 2.26. The first-order chi connectivity index (χ1) is 8.20. The number of nitrogens with two attached hydrogens (primary N) is 1. The summed E-state index contributed by atoms with van der Waals surface area (Å²) in [6.45, 7) is 2.03. The topological polar surface area (TPSA) is 60.4 Å². The van der Waals surface area contributed by atoms with Gasteiger partial charge in [-0.05, 0) is 37.5 Å². The lowest BCUT2D eigenvalue weighted by atomic mass is 10.2. The van der Waals surface area contributed by atoms with E-state index in [0.29, 0.717) is 11.6 Å². The molecular weight excluding hydrogens is 214 g/mol. The Balaban J connectivity index is 2.26. The van der Waals surface area contributed by atoms with E-state index in [0.717, 1.165) is 16.9 Å². The van der Waals surface area contributed by atoms with Crippen molar-refractivity contribution in [3.05, 3.63) is 35.4 Å². The highest BCUT2D eigenvalue weighted by molar-refractivity contribution is 6.02. The van der Waals surface area contributed by atoms with E-state index in [4.69, 9.17) is 5.73 Å². The van der Waals surface area contributed by atoms with Gasteiger partial charge in [0.2, 0.25) is 0 Å². The molecule has 1 aliphatic carbocycles. The fourth-order valence-electron chi connectivity index (χ4n) is 2.15. The van der Waals surface area contributed by atoms with Crippen LogP contribution in [-0.2, 0) is 0 Å². The summed E-state index contributed by atoms with van der Waals surface area (Å²) in [6.07, 6.45) is 4.34. The van der Waals surface area contributed by atoms with Gasteiger partial charge < -0.3 is 10.1 Å². The van der Waals surface area contributed by atoms with Crippen molar-refractivity contribution in [1.29, 1.82) is 0 Å². The number of hydrogen-bond acceptors (Lipinski definition) is 3. The average molecular weight is 229 g/mol. The Hall–Kier alpha value is -1.68. The van der Waals surface area contributed by atoms with E-state index in [1.165, 1.54) is 12.8 Å². The largest absolute Gasteiger partial charge is 0.324 e. The van der Waals surface area contributed by atoms with Crippen molar-refractivity contribution < 1.29 is 4.79 Å². The fourth-order valence-corrected chi connectivity index (χ4v) is 2.15. The molecule has 3 rings (SSSR count). The van der Waals surface area contributed by atoms with E-state index in [-0.39, 0.29) is 12.3 Å². The molecule has 0 aromatic carbocycles. The maximum Gasteiger partial charge on any atom is 0.196 e. The lowest BCUT2D eigenvalue weighted by Crippen LogP contribution is -2.14. The summed E-state index contributed by atoms with van der Waals surface area (Å²) in [5, 5.41) is 0. The second kappa shape index (κ2) is 3.67. The SMILES string of the molecule is Cc1ccn2c(C3CC3)nc(C(=O)CN)c2c1. The van der Waals surface area contributed by atoms with Crippen molar-refractivity contribution >= 4 is 11.3 Å². The van der Waals surface area contributed by atoms with Gasteiger partial charge in [0.1, 0.15) is 11.5 Å². The zero-order chi connectivity index (χ0) is 12.0. The van der Waals surface area contributed by atoms with Gasteiger partial charge in [0.25, 0.3) is 0 Å². The maximum atomic E-state index is 11.8. The quantitative estimate of drug-likeness (QED) is 0.814. The molecule has 0 saturated heterocycles. The third-order valence-corrected chi connectivity index (χ3v) is 3.22. The summed E-state index contributed by atoms with van der Waals surface area (Å²) in [5.74, 6) is 1.45. The van der Waals surface area contributed by atoms with Crippen LogP contribution in [0.5, 0.6) is 0 Å². The van der Waals surface area contributed by atoms with Crippen LogP contribution >= 0.6 is 0 Å². The van der Waals surface area contributed by atoms with Gasteiger partial charge in [-0.3, -0.25) is 4.79 Å². The summed E-state index contributed by atoms with van der Waals surface area (Å²) in [6, 6.07) is 4.04. The van der Waals surface area contributed by atoms with Crippen molar-refractivity contribution in [2.45, 2.75) is 25.7 Å². The number of carbonyl (C=O) groups is 1. The Morgan fingerprint density at radius 1 is 1.59 bits per heavy atom. The van der Waals surface area contributed by atoms with Crippen LogP contribution in [0.3, 0.4) is 0 Å². The van der Waals surface area contributed by atoms with Crippen molar-refractivity contribution in [1.82, 2.24) is 9.38 Å². The normalized spacial score (nSPS) is 15.4. The molecule has 1 fully saturated rings. The number of hydrogen-bond donors (Lipinski definition) is 1. The molecule has 1 saturated carbocycles.